The SMILES string of the molecule is CCCCCl.O=S(=O)(O)O.[NaH]. The molecule has 0 atom stereocenters. The molecule has 2 N–H and O–H groups in total. The Hall–Kier alpha value is 1.16. The monoisotopic (exact) mass is 214 g/mol. The Bertz CT molecular complexity index is 136. The molecule has 0 unspecified atom stereocenters. The number of hydrogen-bond acceptors (Lipinski definition) is 2. The van der Waals surface area contributed by atoms with Gasteiger partial charge in [0.25, 0.3) is 0 Å². The Labute approximate surface area is 94.2 Å². The van der Waals surface area contributed by atoms with E-state index in [1.807, 2.05) is 0 Å². The van der Waals surface area contributed by atoms with Crippen LogP contribution < -0.4 is 0 Å². The van der Waals surface area contributed by atoms with Crippen molar-refractivity contribution < 1.29 is 17.5 Å². The molecular weight excluding hydrogens is 203 g/mol. The molecule has 0 aliphatic rings. The van der Waals surface area contributed by atoms with Crippen molar-refractivity contribution in [3.8, 4) is 0 Å². The van der Waals surface area contributed by atoms with Crippen LogP contribution in [0.3, 0.4) is 0 Å². The summed E-state index contributed by atoms with van der Waals surface area (Å²) in [6, 6.07) is 0. The summed E-state index contributed by atoms with van der Waals surface area (Å²) in [6.45, 7) is 2.13. The molecule has 0 saturated heterocycles. The van der Waals surface area contributed by atoms with Gasteiger partial charge in [-0.05, 0) is 6.42 Å². The van der Waals surface area contributed by atoms with Crippen LogP contribution in [0.25, 0.3) is 0 Å². The molecule has 0 aromatic heterocycles. The molecule has 0 aromatic carbocycles. The number of unbranched alkanes of at least 4 members (excludes halogenated alkanes) is 1. The first-order chi connectivity index (χ1) is 4.41. The number of rotatable bonds is 2. The van der Waals surface area contributed by atoms with Crippen LogP contribution in [0.15, 0.2) is 0 Å². The molecule has 0 amide bonds. The molecule has 4 nitrogen and oxygen atoms in total. The predicted octanol–water partition coefficient (Wildman–Crippen LogP) is 0.724. The van der Waals surface area contributed by atoms with Gasteiger partial charge in [-0.1, -0.05) is 13.3 Å². The van der Waals surface area contributed by atoms with E-state index >= 15 is 0 Å². The molecule has 11 heavy (non-hydrogen) atoms. The van der Waals surface area contributed by atoms with Crippen LogP contribution in [0.5, 0.6) is 0 Å². The van der Waals surface area contributed by atoms with Gasteiger partial charge in [0.05, 0.1) is 0 Å². The summed E-state index contributed by atoms with van der Waals surface area (Å²) in [5.74, 6) is 0.816. The van der Waals surface area contributed by atoms with E-state index < -0.39 is 10.4 Å². The van der Waals surface area contributed by atoms with Crippen LogP contribution in [0.2, 0.25) is 0 Å². The Morgan fingerprint density at radius 2 is 1.64 bits per heavy atom. The average Bonchev–Trinajstić information content (AvgIpc) is 1.63. The second-order valence-corrected chi connectivity index (χ2v) is 2.76. The van der Waals surface area contributed by atoms with Crippen molar-refractivity contribution in [1.82, 2.24) is 0 Å². The Morgan fingerprint density at radius 3 is 1.64 bits per heavy atom. The summed E-state index contributed by atoms with van der Waals surface area (Å²) in [7, 11) is -4.67. The fourth-order valence-electron chi connectivity index (χ4n) is 0.134. The Morgan fingerprint density at radius 1 is 1.36 bits per heavy atom. The van der Waals surface area contributed by atoms with Gasteiger partial charge in [0.1, 0.15) is 0 Å². The predicted molar refractivity (Wildman–Crippen MR) is 47.0 cm³/mol. The van der Waals surface area contributed by atoms with Crippen LogP contribution >= 0.6 is 11.6 Å². The first-order valence-electron chi connectivity index (χ1n) is 2.67. The molecule has 0 aliphatic carbocycles. The minimum atomic E-state index is -4.67. The van der Waals surface area contributed by atoms with Gasteiger partial charge in [0, 0.05) is 5.88 Å². The maximum absolute atomic E-state index is 8.74. The first kappa shape index (κ1) is 18.0. The van der Waals surface area contributed by atoms with Gasteiger partial charge in [0.15, 0.2) is 0 Å². The van der Waals surface area contributed by atoms with Gasteiger partial charge in [-0.2, -0.15) is 8.42 Å². The zero-order valence-electron chi connectivity index (χ0n) is 5.62. The summed E-state index contributed by atoms with van der Waals surface area (Å²) in [5, 5.41) is 0. The third-order valence-electron chi connectivity index (χ3n) is 0.487. The van der Waals surface area contributed by atoms with Crippen LogP contribution in [0.1, 0.15) is 19.8 Å². The van der Waals surface area contributed by atoms with Crippen molar-refractivity contribution in [2.24, 2.45) is 0 Å². The van der Waals surface area contributed by atoms with E-state index in [9.17, 15) is 0 Å². The van der Waals surface area contributed by atoms with E-state index in [2.05, 4.69) is 6.92 Å². The van der Waals surface area contributed by atoms with Crippen molar-refractivity contribution in [1.29, 1.82) is 0 Å². The molecule has 0 spiro atoms. The van der Waals surface area contributed by atoms with Gasteiger partial charge in [-0.25, -0.2) is 0 Å². The van der Waals surface area contributed by atoms with Gasteiger partial charge in [-0.3, -0.25) is 9.11 Å². The van der Waals surface area contributed by atoms with Crippen molar-refractivity contribution in [3.05, 3.63) is 0 Å². The van der Waals surface area contributed by atoms with E-state index in [-0.39, 0.29) is 29.6 Å². The summed E-state index contributed by atoms with van der Waals surface area (Å²) in [6.07, 6.45) is 2.37. The third kappa shape index (κ3) is 93.8. The molecule has 0 bridgehead atoms. The normalized spacial score (nSPS) is 9.09. The quantitative estimate of drug-likeness (QED) is 0.404. The van der Waals surface area contributed by atoms with Crippen molar-refractivity contribution in [2.75, 3.05) is 5.88 Å². The summed E-state index contributed by atoms with van der Waals surface area (Å²) in [5.41, 5.74) is 0. The molecule has 7 heteroatoms. The Balaban J connectivity index is -0.000000107. The number of alkyl halides is 1. The second kappa shape index (κ2) is 11.2. The van der Waals surface area contributed by atoms with Crippen LogP contribution in [-0.4, -0.2) is 53.0 Å². The number of hydrogen-bond donors (Lipinski definition) is 2. The summed E-state index contributed by atoms with van der Waals surface area (Å²) in [4.78, 5) is 0. The minimum absolute atomic E-state index is 0. The molecule has 0 aliphatic heterocycles. The second-order valence-electron chi connectivity index (χ2n) is 1.49. The molecule has 66 valence electrons. The van der Waals surface area contributed by atoms with E-state index in [4.69, 9.17) is 29.1 Å². The zero-order chi connectivity index (χ0) is 8.62. The topological polar surface area (TPSA) is 74.6 Å². The fourth-order valence-corrected chi connectivity index (χ4v) is 0.401. The molecular formula is C4H12ClNaO4S. The van der Waals surface area contributed by atoms with Crippen LogP contribution in [0, 0.1) is 0 Å². The maximum atomic E-state index is 8.74. The Kier molecular flexibility index (Phi) is 18.3. The molecule has 0 radical (unpaired) electrons. The van der Waals surface area contributed by atoms with E-state index in [0.29, 0.717) is 0 Å². The fraction of sp³-hybridized carbons (Fsp3) is 1.00. The third-order valence-corrected chi connectivity index (χ3v) is 0.754. The van der Waals surface area contributed by atoms with Crippen LogP contribution in [0.4, 0.5) is 0 Å². The van der Waals surface area contributed by atoms with Crippen LogP contribution in [-0.2, 0) is 10.4 Å². The van der Waals surface area contributed by atoms with E-state index in [0.717, 1.165) is 12.3 Å². The first-order valence-corrected chi connectivity index (χ1v) is 4.60. The summed E-state index contributed by atoms with van der Waals surface area (Å²) < 4.78 is 31.6. The van der Waals surface area contributed by atoms with Crippen molar-refractivity contribution in [3.63, 3.8) is 0 Å². The molecule has 0 aromatic rings. The van der Waals surface area contributed by atoms with E-state index in [1.54, 1.807) is 0 Å². The van der Waals surface area contributed by atoms with Gasteiger partial charge in [0.2, 0.25) is 0 Å². The van der Waals surface area contributed by atoms with Gasteiger partial charge >= 0.3 is 40.0 Å². The van der Waals surface area contributed by atoms with Gasteiger partial charge in [-0.15, -0.1) is 11.6 Å². The summed E-state index contributed by atoms with van der Waals surface area (Å²) >= 11 is 5.30. The molecule has 0 saturated carbocycles. The van der Waals surface area contributed by atoms with Gasteiger partial charge < -0.3 is 0 Å². The molecule has 0 fully saturated rings. The molecule has 0 rings (SSSR count). The van der Waals surface area contributed by atoms with Crippen molar-refractivity contribution >= 4 is 51.6 Å². The van der Waals surface area contributed by atoms with E-state index in [1.165, 1.54) is 6.42 Å². The number of halogens is 1. The molecule has 0 heterocycles. The van der Waals surface area contributed by atoms with Crippen molar-refractivity contribution in [2.45, 2.75) is 19.8 Å². The standard InChI is InChI=1S/C4H9Cl.Na.H2O4S.H/c1-2-3-4-5;;1-5(2,3)4;/h2-4H2,1H3;;(H2,1,2,3,4);. The average molecular weight is 215 g/mol. The zero-order valence-corrected chi connectivity index (χ0v) is 7.19.